The van der Waals surface area contributed by atoms with E-state index in [-0.39, 0.29) is 11.9 Å². The van der Waals surface area contributed by atoms with Crippen molar-refractivity contribution in [1.82, 2.24) is 4.57 Å². The van der Waals surface area contributed by atoms with Gasteiger partial charge in [0.2, 0.25) is 5.91 Å². The highest BCUT2D eigenvalue weighted by Gasteiger charge is 2.19. The molecular weight excluding hydrogens is 312 g/mol. The summed E-state index contributed by atoms with van der Waals surface area (Å²) >= 11 is 0. The van der Waals surface area contributed by atoms with Crippen LogP contribution in [-0.4, -0.2) is 17.6 Å². The van der Waals surface area contributed by atoms with Crippen molar-refractivity contribution in [3.8, 4) is 5.75 Å². The second kappa shape index (κ2) is 7.71. The van der Waals surface area contributed by atoms with Gasteiger partial charge in [0.25, 0.3) is 0 Å². The summed E-state index contributed by atoms with van der Waals surface area (Å²) < 4.78 is 7.28. The van der Waals surface area contributed by atoms with Crippen molar-refractivity contribution in [3.63, 3.8) is 0 Å². The first kappa shape index (κ1) is 16.8. The Morgan fingerprint density at radius 1 is 1.08 bits per heavy atom. The van der Waals surface area contributed by atoms with E-state index in [0.29, 0.717) is 6.42 Å². The molecule has 0 saturated carbocycles. The number of amides is 1. The standard InChI is InChI=1S/C21H22N2O2/c1-16-8-3-4-11-19(16)20(23-12-5-6-13-23)15-21(24)22-17-9-7-10-18(14-17)25-2/h3-14,20H,15H2,1-2H3,(H,22,24)/t20-/m1/s1. The van der Waals surface area contributed by atoms with Gasteiger partial charge in [-0.2, -0.15) is 0 Å². The van der Waals surface area contributed by atoms with E-state index in [9.17, 15) is 4.79 Å². The third-order valence-electron chi connectivity index (χ3n) is 4.27. The zero-order valence-electron chi connectivity index (χ0n) is 14.5. The molecule has 0 aliphatic rings. The van der Waals surface area contributed by atoms with Gasteiger partial charge in [0.05, 0.1) is 19.6 Å². The number of benzene rings is 2. The van der Waals surface area contributed by atoms with E-state index >= 15 is 0 Å². The van der Waals surface area contributed by atoms with Gasteiger partial charge in [-0.15, -0.1) is 0 Å². The van der Waals surface area contributed by atoms with Gasteiger partial charge in [0.15, 0.2) is 0 Å². The lowest BCUT2D eigenvalue weighted by Crippen LogP contribution is -2.20. The summed E-state index contributed by atoms with van der Waals surface area (Å²) in [5.74, 6) is 0.689. The molecule has 3 rings (SSSR count). The third kappa shape index (κ3) is 4.10. The quantitative estimate of drug-likeness (QED) is 0.725. The Bertz CT molecular complexity index is 841. The van der Waals surface area contributed by atoms with Gasteiger partial charge in [0, 0.05) is 24.1 Å². The van der Waals surface area contributed by atoms with Crippen molar-refractivity contribution < 1.29 is 9.53 Å². The highest BCUT2D eigenvalue weighted by Crippen LogP contribution is 2.26. The molecule has 1 amide bonds. The molecule has 1 aromatic heterocycles. The molecule has 0 saturated heterocycles. The summed E-state index contributed by atoms with van der Waals surface area (Å²) in [5, 5.41) is 2.97. The predicted octanol–water partition coefficient (Wildman–Crippen LogP) is 4.42. The van der Waals surface area contributed by atoms with Crippen LogP contribution in [-0.2, 0) is 4.79 Å². The summed E-state index contributed by atoms with van der Waals surface area (Å²) in [4.78, 5) is 12.6. The van der Waals surface area contributed by atoms with Crippen LogP contribution >= 0.6 is 0 Å². The maximum Gasteiger partial charge on any atom is 0.226 e. The molecule has 0 fully saturated rings. The molecule has 0 unspecified atom stereocenters. The Kier molecular flexibility index (Phi) is 5.19. The maximum absolute atomic E-state index is 12.6. The normalized spacial score (nSPS) is 11.8. The van der Waals surface area contributed by atoms with E-state index in [1.165, 1.54) is 5.56 Å². The van der Waals surface area contributed by atoms with Crippen LogP contribution in [0, 0.1) is 6.92 Å². The first-order valence-electron chi connectivity index (χ1n) is 8.29. The zero-order chi connectivity index (χ0) is 17.6. The zero-order valence-corrected chi connectivity index (χ0v) is 14.5. The van der Waals surface area contributed by atoms with Crippen LogP contribution in [0.1, 0.15) is 23.6 Å². The molecule has 4 nitrogen and oxygen atoms in total. The third-order valence-corrected chi connectivity index (χ3v) is 4.27. The summed E-state index contributed by atoms with van der Waals surface area (Å²) in [7, 11) is 1.61. The molecule has 2 aromatic carbocycles. The topological polar surface area (TPSA) is 43.3 Å². The summed E-state index contributed by atoms with van der Waals surface area (Å²) in [6.45, 7) is 2.08. The minimum absolute atomic E-state index is 0.0322. The molecule has 3 aromatic rings. The first-order chi connectivity index (χ1) is 12.2. The van der Waals surface area contributed by atoms with E-state index in [0.717, 1.165) is 17.0 Å². The fourth-order valence-electron chi connectivity index (χ4n) is 2.98. The molecule has 0 bridgehead atoms. The van der Waals surface area contributed by atoms with Crippen LogP contribution in [0.2, 0.25) is 0 Å². The molecule has 0 aliphatic heterocycles. The van der Waals surface area contributed by atoms with Crippen molar-refractivity contribution in [1.29, 1.82) is 0 Å². The number of aromatic nitrogens is 1. The summed E-state index contributed by atoms with van der Waals surface area (Å²) in [5.41, 5.74) is 3.07. The average molecular weight is 334 g/mol. The molecule has 4 heteroatoms. The second-order valence-electron chi connectivity index (χ2n) is 5.99. The number of carbonyl (C=O) groups excluding carboxylic acids is 1. The van der Waals surface area contributed by atoms with Gasteiger partial charge in [-0.05, 0) is 42.3 Å². The molecule has 0 aliphatic carbocycles. The average Bonchev–Trinajstić information content (AvgIpc) is 3.15. The highest BCUT2D eigenvalue weighted by atomic mass is 16.5. The number of rotatable bonds is 6. The largest absolute Gasteiger partial charge is 0.497 e. The molecule has 1 atom stereocenters. The number of carbonyl (C=O) groups is 1. The second-order valence-corrected chi connectivity index (χ2v) is 5.99. The molecule has 25 heavy (non-hydrogen) atoms. The monoisotopic (exact) mass is 334 g/mol. The highest BCUT2D eigenvalue weighted by molar-refractivity contribution is 5.91. The number of anilines is 1. The number of hydrogen-bond acceptors (Lipinski definition) is 2. The Labute approximate surface area is 148 Å². The van der Waals surface area contributed by atoms with E-state index in [2.05, 4.69) is 28.9 Å². The van der Waals surface area contributed by atoms with Gasteiger partial charge in [-0.25, -0.2) is 0 Å². The molecule has 1 N–H and O–H groups in total. The van der Waals surface area contributed by atoms with E-state index < -0.39 is 0 Å². The van der Waals surface area contributed by atoms with Crippen molar-refractivity contribution in [3.05, 3.63) is 84.2 Å². The molecular formula is C21H22N2O2. The van der Waals surface area contributed by atoms with Crippen molar-refractivity contribution >= 4 is 11.6 Å². The number of hydrogen-bond donors (Lipinski definition) is 1. The van der Waals surface area contributed by atoms with Gasteiger partial charge in [-0.1, -0.05) is 30.3 Å². The lowest BCUT2D eigenvalue weighted by atomic mass is 9.98. The SMILES string of the molecule is COc1cccc(NC(=O)C[C@H](c2ccccc2C)n2cccc2)c1. The fraction of sp³-hybridized carbons (Fsp3) is 0.190. The van der Waals surface area contributed by atoms with Crippen molar-refractivity contribution in [2.24, 2.45) is 0 Å². The minimum atomic E-state index is -0.0400. The molecule has 0 radical (unpaired) electrons. The molecule has 1 heterocycles. The number of nitrogens with one attached hydrogen (secondary N) is 1. The Balaban J connectivity index is 1.81. The maximum atomic E-state index is 12.6. The first-order valence-corrected chi connectivity index (χ1v) is 8.29. The van der Waals surface area contributed by atoms with Gasteiger partial charge < -0.3 is 14.6 Å². The number of methoxy groups -OCH3 is 1. The summed E-state index contributed by atoms with van der Waals surface area (Å²) in [6.07, 6.45) is 4.35. The van der Waals surface area contributed by atoms with Crippen LogP contribution in [0.15, 0.2) is 73.1 Å². The minimum Gasteiger partial charge on any atom is -0.497 e. The van der Waals surface area contributed by atoms with Gasteiger partial charge >= 0.3 is 0 Å². The van der Waals surface area contributed by atoms with Gasteiger partial charge in [0.1, 0.15) is 5.75 Å². The number of aryl methyl sites for hydroxylation is 1. The summed E-state index contributed by atoms with van der Waals surface area (Å²) in [6, 6.07) is 19.5. The van der Waals surface area contributed by atoms with Crippen LogP contribution < -0.4 is 10.1 Å². The molecule has 128 valence electrons. The van der Waals surface area contributed by atoms with Crippen LogP contribution in [0.4, 0.5) is 5.69 Å². The Morgan fingerprint density at radius 3 is 2.56 bits per heavy atom. The van der Waals surface area contributed by atoms with Crippen LogP contribution in [0.3, 0.4) is 0 Å². The molecule has 0 spiro atoms. The van der Waals surface area contributed by atoms with Crippen molar-refractivity contribution in [2.45, 2.75) is 19.4 Å². The van der Waals surface area contributed by atoms with E-state index in [1.807, 2.05) is 60.9 Å². The van der Waals surface area contributed by atoms with Gasteiger partial charge in [-0.3, -0.25) is 4.79 Å². The number of nitrogens with zero attached hydrogens (tertiary/aromatic N) is 1. The Morgan fingerprint density at radius 2 is 1.84 bits per heavy atom. The van der Waals surface area contributed by atoms with Crippen LogP contribution in [0.25, 0.3) is 0 Å². The van der Waals surface area contributed by atoms with E-state index in [1.54, 1.807) is 7.11 Å². The van der Waals surface area contributed by atoms with Crippen molar-refractivity contribution in [2.75, 3.05) is 12.4 Å². The van der Waals surface area contributed by atoms with Crippen LogP contribution in [0.5, 0.6) is 5.75 Å². The van der Waals surface area contributed by atoms with E-state index in [4.69, 9.17) is 4.74 Å². The lowest BCUT2D eigenvalue weighted by Gasteiger charge is -2.21. The predicted molar refractivity (Wildman–Crippen MR) is 100.0 cm³/mol. The lowest BCUT2D eigenvalue weighted by molar-refractivity contribution is -0.116. The number of ether oxygens (including phenoxy) is 1. The Hall–Kier alpha value is -3.01. The fourth-order valence-corrected chi connectivity index (χ4v) is 2.98. The smallest absolute Gasteiger partial charge is 0.226 e.